The van der Waals surface area contributed by atoms with Crippen LogP contribution >= 0.6 is 0 Å². The summed E-state index contributed by atoms with van der Waals surface area (Å²) in [5, 5.41) is 3.18. The highest BCUT2D eigenvalue weighted by atomic mass is 19.4. The van der Waals surface area contributed by atoms with E-state index in [1.54, 1.807) is 0 Å². The van der Waals surface area contributed by atoms with Crippen molar-refractivity contribution in [2.24, 2.45) is 0 Å². The fourth-order valence-electron chi connectivity index (χ4n) is 1.29. The van der Waals surface area contributed by atoms with E-state index in [9.17, 15) is 13.2 Å². The van der Waals surface area contributed by atoms with Gasteiger partial charge >= 0.3 is 6.18 Å². The van der Waals surface area contributed by atoms with Gasteiger partial charge in [0.15, 0.2) is 0 Å². The molecule has 1 N–H and O–H groups in total. The minimum absolute atomic E-state index is 0.168. The van der Waals surface area contributed by atoms with Crippen molar-refractivity contribution in [1.29, 1.82) is 0 Å². The Labute approximate surface area is 95.5 Å². The zero-order chi connectivity index (χ0) is 12.3. The normalized spacial score (nSPS) is 12.0. The molecule has 0 fully saturated rings. The third-order valence-electron chi connectivity index (χ3n) is 2.12. The van der Waals surface area contributed by atoms with Crippen LogP contribution in [-0.2, 0) is 4.74 Å². The van der Waals surface area contributed by atoms with Gasteiger partial charge < -0.3 is 10.1 Å². The van der Waals surface area contributed by atoms with Gasteiger partial charge in [-0.25, -0.2) is 0 Å². The lowest BCUT2D eigenvalue weighted by Gasteiger charge is -2.08. The Bertz CT molecular complexity index is 151. The van der Waals surface area contributed by atoms with E-state index in [1.165, 1.54) is 19.3 Å². The zero-order valence-corrected chi connectivity index (χ0v) is 9.91. The van der Waals surface area contributed by atoms with Gasteiger partial charge in [0, 0.05) is 6.61 Å². The Hall–Kier alpha value is -0.290. The highest BCUT2D eigenvalue weighted by Gasteiger charge is 2.26. The first-order valence-electron chi connectivity index (χ1n) is 5.91. The van der Waals surface area contributed by atoms with E-state index in [-0.39, 0.29) is 6.61 Å². The van der Waals surface area contributed by atoms with Crippen LogP contribution in [0, 0.1) is 0 Å². The van der Waals surface area contributed by atoms with Crippen LogP contribution in [0.15, 0.2) is 0 Å². The number of alkyl halides is 3. The molecule has 0 saturated carbocycles. The van der Waals surface area contributed by atoms with Crippen LogP contribution in [0.25, 0.3) is 0 Å². The highest BCUT2D eigenvalue weighted by Crippen LogP contribution is 2.14. The second-order valence-corrected chi connectivity index (χ2v) is 3.83. The van der Waals surface area contributed by atoms with Crippen molar-refractivity contribution < 1.29 is 17.9 Å². The van der Waals surface area contributed by atoms with Crippen molar-refractivity contribution >= 4 is 0 Å². The summed E-state index contributed by atoms with van der Waals surface area (Å²) in [7, 11) is 0. The maximum absolute atomic E-state index is 11.7. The second-order valence-electron chi connectivity index (χ2n) is 3.83. The van der Waals surface area contributed by atoms with Crippen molar-refractivity contribution in [1.82, 2.24) is 5.32 Å². The van der Waals surface area contributed by atoms with Crippen LogP contribution in [0.1, 0.15) is 39.0 Å². The van der Waals surface area contributed by atoms with Crippen LogP contribution in [0.4, 0.5) is 13.2 Å². The average molecular weight is 241 g/mol. The van der Waals surface area contributed by atoms with Gasteiger partial charge in [-0.15, -0.1) is 0 Å². The van der Waals surface area contributed by atoms with Crippen LogP contribution in [-0.4, -0.2) is 32.5 Å². The molecule has 0 aliphatic heterocycles. The van der Waals surface area contributed by atoms with E-state index in [0.29, 0.717) is 6.42 Å². The van der Waals surface area contributed by atoms with Gasteiger partial charge in [-0.3, -0.25) is 0 Å². The van der Waals surface area contributed by atoms with Gasteiger partial charge in [0.25, 0.3) is 0 Å². The molecule has 0 aliphatic rings. The number of unbranched alkanes of at least 4 members (excludes halogenated alkanes) is 3. The maximum Gasteiger partial charge on any atom is 0.411 e. The molecular weight excluding hydrogens is 219 g/mol. The molecule has 0 spiro atoms. The Morgan fingerprint density at radius 2 is 1.69 bits per heavy atom. The third-order valence-corrected chi connectivity index (χ3v) is 2.12. The molecule has 0 rings (SSSR count). The smallest absolute Gasteiger partial charge is 0.372 e. The van der Waals surface area contributed by atoms with E-state index >= 15 is 0 Å². The first kappa shape index (κ1) is 15.7. The first-order chi connectivity index (χ1) is 7.56. The number of halogens is 3. The molecule has 0 amide bonds. The van der Waals surface area contributed by atoms with Gasteiger partial charge in [0.2, 0.25) is 0 Å². The van der Waals surface area contributed by atoms with E-state index in [2.05, 4.69) is 17.0 Å². The molecule has 0 unspecified atom stereocenters. The molecule has 0 radical (unpaired) electrons. The Morgan fingerprint density at radius 3 is 2.31 bits per heavy atom. The predicted octanol–water partition coefficient (Wildman–Crippen LogP) is 3.13. The van der Waals surface area contributed by atoms with Crippen molar-refractivity contribution in [3.63, 3.8) is 0 Å². The molecule has 0 aromatic heterocycles. The molecule has 0 bridgehead atoms. The fourth-order valence-corrected chi connectivity index (χ4v) is 1.29. The van der Waals surface area contributed by atoms with Crippen molar-refractivity contribution in [3.8, 4) is 0 Å². The van der Waals surface area contributed by atoms with E-state index in [4.69, 9.17) is 0 Å². The molecule has 2 nitrogen and oxygen atoms in total. The second kappa shape index (κ2) is 9.90. The fraction of sp³-hybridized carbons (Fsp3) is 1.00. The Morgan fingerprint density at radius 1 is 1.00 bits per heavy atom. The molecule has 0 atom stereocenters. The van der Waals surface area contributed by atoms with Crippen molar-refractivity contribution in [3.05, 3.63) is 0 Å². The highest BCUT2D eigenvalue weighted by molar-refractivity contribution is 4.50. The summed E-state index contributed by atoms with van der Waals surface area (Å²) in [6.07, 6.45) is 1.24. The van der Waals surface area contributed by atoms with E-state index < -0.39 is 12.8 Å². The summed E-state index contributed by atoms with van der Waals surface area (Å²) in [4.78, 5) is 0. The lowest BCUT2D eigenvalue weighted by molar-refractivity contribution is -0.173. The van der Waals surface area contributed by atoms with Crippen molar-refractivity contribution in [2.75, 3.05) is 26.3 Å². The summed E-state index contributed by atoms with van der Waals surface area (Å²) in [6, 6.07) is 0. The SMILES string of the molecule is CCCCCCNCCCOCC(F)(F)F. The molecule has 0 aromatic rings. The summed E-state index contributed by atoms with van der Waals surface area (Å²) < 4.78 is 39.5. The molecule has 5 heteroatoms. The first-order valence-corrected chi connectivity index (χ1v) is 5.91. The van der Waals surface area contributed by atoms with Gasteiger partial charge in [0.1, 0.15) is 6.61 Å². The number of hydrogen-bond acceptors (Lipinski definition) is 2. The minimum atomic E-state index is -4.20. The van der Waals surface area contributed by atoms with Gasteiger partial charge in [-0.2, -0.15) is 13.2 Å². The monoisotopic (exact) mass is 241 g/mol. The molecule has 0 aliphatic carbocycles. The Balaban J connectivity index is 2.99. The summed E-state index contributed by atoms with van der Waals surface area (Å²) >= 11 is 0. The molecule has 0 saturated heterocycles. The molecule has 16 heavy (non-hydrogen) atoms. The number of ether oxygens (including phenoxy) is 1. The minimum Gasteiger partial charge on any atom is -0.372 e. The largest absolute Gasteiger partial charge is 0.411 e. The topological polar surface area (TPSA) is 21.3 Å². The lowest BCUT2D eigenvalue weighted by atomic mass is 10.2. The molecule has 0 heterocycles. The summed E-state index contributed by atoms with van der Waals surface area (Å²) in [5.74, 6) is 0. The van der Waals surface area contributed by atoms with Crippen LogP contribution in [0.2, 0.25) is 0 Å². The lowest BCUT2D eigenvalue weighted by Crippen LogP contribution is -2.21. The van der Waals surface area contributed by atoms with Gasteiger partial charge in [0.05, 0.1) is 0 Å². The summed E-state index contributed by atoms with van der Waals surface area (Å²) in [6.45, 7) is 2.86. The maximum atomic E-state index is 11.7. The predicted molar refractivity (Wildman–Crippen MR) is 58.5 cm³/mol. The van der Waals surface area contributed by atoms with Crippen LogP contribution in [0.5, 0.6) is 0 Å². The van der Waals surface area contributed by atoms with Crippen molar-refractivity contribution in [2.45, 2.75) is 45.2 Å². The van der Waals surface area contributed by atoms with Gasteiger partial charge in [-0.1, -0.05) is 26.2 Å². The quantitative estimate of drug-likeness (QED) is 0.593. The number of nitrogens with one attached hydrogen (secondary N) is 1. The van der Waals surface area contributed by atoms with E-state index in [0.717, 1.165) is 19.5 Å². The average Bonchev–Trinajstić information content (AvgIpc) is 2.19. The zero-order valence-electron chi connectivity index (χ0n) is 9.91. The molecular formula is C11H22F3NO. The Kier molecular flexibility index (Phi) is 9.72. The van der Waals surface area contributed by atoms with E-state index in [1.807, 2.05) is 0 Å². The molecule has 0 aromatic carbocycles. The third kappa shape index (κ3) is 13.7. The van der Waals surface area contributed by atoms with Crippen LogP contribution in [0.3, 0.4) is 0 Å². The number of rotatable bonds is 10. The standard InChI is InChI=1S/C11H22F3NO/c1-2-3-4-5-7-15-8-6-9-16-10-11(12,13)14/h15H,2-10H2,1H3. The van der Waals surface area contributed by atoms with Gasteiger partial charge in [-0.05, 0) is 25.9 Å². The number of hydrogen-bond donors (Lipinski definition) is 1. The van der Waals surface area contributed by atoms with Crippen LogP contribution < -0.4 is 5.32 Å². The summed E-state index contributed by atoms with van der Waals surface area (Å²) in [5.41, 5.74) is 0. The molecule has 98 valence electrons.